The van der Waals surface area contributed by atoms with Crippen LogP contribution in [-0.4, -0.2) is 30.1 Å². The summed E-state index contributed by atoms with van der Waals surface area (Å²) in [7, 11) is -4.49. The van der Waals surface area contributed by atoms with Gasteiger partial charge in [-0.2, -0.15) is 21.6 Å². The SMILES string of the molecule is CCCC1(CCc2ccccc2)CC(O)=C(C(c2cccc(NS(=O)(=O)c3cc(C(F)(F)F)ccn3)c2)C(C)(C)C)C(=O)O1. The van der Waals surface area contributed by atoms with Crippen LogP contribution in [0.2, 0.25) is 0 Å². The molecule has 0 radical (unpaired) electrons. The van der Waals surface area contributed by atoms with E-state index in [0.717, 1.165) is 18.2 Å². The lowest BCUT2D eigenvalue weighted by molar-refractivity contribution is -0.161. The molecule has 2 aromatic carbocycles. The fourth-order valence-corrected chi connectivity index (χ4v) is 6.81. The Morgan fingerprint density at radius 1 is 1.02 bits per heavy atom. The molecule has 7 nitrogen and oxygen atoms in total. The number of carbonyl (C=O) groups is 1. The quantitative estimate of drug-likeness (QED) is 0.220. The van der Waals surface area contributed by atoms with Gasteiger partial charge in [-0.05, 0) is 60.1 Å². The minimum Gasteiger partial charge on any atom is -0.512 e. The van der Waals surface area contributed by atoms with Gasteiger partial charge in [-0.1, -0.05) is 76.6 Å². The average Bonchev–Trinajstić information content (AvgIpc) is 2.93. The molecule has 236 valence electrons. The van der Waals surface area contributed by atoms with Crippen molar-refractivity contribution in [3.63, 3.8) is 0 Å². The number of hydrogen-bond donors (Lipinski definition) is 2. The first kappa shape index (κ1) is 33.0. The van der Waals surface area contributed by atoms with Crippen molar-refractivity contribution in [1.82, 2.24) is 4.98 Å². The van der Waals surface area contributed by atoms with Crippen LogP contribution in [0.3, 0.4) is 0 Å². The number of ether oxygens (including phenoxy) is 1. The highest BCUT2D eigenvalue weighted by Gasteiger charge is 2.46. The summed E-state index contributed by atoms with van der Waals surface area (Å²) >= 11 is 0. The van der Waals surface area contributed by atoms with Crippen molar-refractivity contribution in [3.05, 3.63) is 101 Å². The molecule has 2 atom stereocenters. The van der Waals surface area contributed by atoms with E-state index >= 15 is 0 Å². The maximum Gasteiger partial charge on any atom is 0.416 e. The summed E-state index contributed by atoms with van der Waals surface area (Å²) in [6, 6.07) is 17.2. The van der Waals surface area contributed by atoms with Crippen LogP contribution in [-0.2, 0) is 32.2 Å². The number of aromatic nitrogens is 1. The first-order chi connectivity index (χ1) is 20.5. The molecule has 1 aromatic heterocycles. The Morgan fingerprint density at radius 2 is 1.73 bits per heavy atom. The highest BCUT2D eigenvalue weighted by Crippen LogP contribution is 2.47. The molecule has 1 aliphatic heterocycles. The van der Waals surface area contributed by atoms with E-state index in [1.165, 1.54) is 12.1 Å². The number of anilines is 1. The van der Waals surface area contributed by atoms with Gasteiger partial charge < -0.3 is 9.84 Å². The number of hydrogen-bond acceptors (Lipinski definition) is 6. The second-order valence-corrected chi connectivity index (χ2v) is 13.9. The van der Waals surface area contributed by atoms with Gasteiger partial charge in [-0.15, -0.1) is 0 Å². The number of carbonyl (C=O) groups excluding carboxylic acids is 1. The molecule has 2 N–H and O–H groups in total. The van der Waals surface area contributed by atoms with Crippen molar-refractivity contribution in [2.24, 2.45) is 5.41 Å². The standard InChI is InChI=1S/C33H37F3N2O5S/c1-5-16-32(17-14-22-10-7-6-8-11-22)21-26(39)28(30(40)43-32)29(31(2,3)4)23-12-9-13-25(19-23)38-44(41,42)27-20-24(15-18-37-27)33(34,35)36/h6-13,15,18-20,29,38-39H,5,14,16-17,21H2,1-4H3. The summed E-state index contributed by atoms with van der Waals surface area (Å²) < 4.78 is 74.0. The highest BCUT2D eigenvalue weighted by molar-refractivity contribution is 7.92. The number of benzene rings is 2. The van der Waals surface area contributed by atoms with Crippen molar-refractivity contribution in [2.45, 2.75) is 82.5 Å². The molecule has 44 heavy (non-hydrogen) atoms. The summed E-state index contributed by atoms with van der Waals surface area (Å²) in [6.45, 7) is 7.65. The van der Waals surface area contributed by atoms with Crippen LogP contribution in [0, 0.1) is 5.41 Å². The molecule has 11 heteroatoms. The molecule has 2 unspecified atom stereocenters. The number of halogens is 3. The van der Waals surface area contributed by atoms with E-state index in [1.807, 2.05) is 58.0 Å². The van der Waals surface area contributed by atoms with E-state index in [-0.39, 0.29) is 23.4 Å². The molecule has 0 amide bonds. The number of aliphatic hydroxyl groups excluding tert-OH is 1. The van der Waals surface area contributed by atoms with Gasteiger partial charge >= 0.3 is 12.1 Å². The van der Waals surface area contributed by atoms with Gasteiger partial charge in [0.25, 0.3) is 10.0 Å². The van der Waals surface area contributed by atoms with Crippen molar-refractivity contribution in [3.8, 4) is 0 Å². The van der Waals surface area contributed by atoms with E-state index in [4.69, 9.17) is 4.74 Å². The highest BCUT2D eigenvalue weighted by atomic mass is 32.2. The molecular weight excluding hydrogens is 593 g/mol. The smallest absolute Gasteiger partial charge is 0.416 e. The predicted molar refractivity (Wildman–Crippen MR) is 161 cm³/mol. The number of nitrogens with zero attached hydrogens (tertiary/aromatic N) is 1. The molecule has 1 aliphatic rings. The van der Waals surface area contributed by atoms with Crippen molar-refractivity contribution in [2.75, 3.05) is 4.72 Å². The third-order valence-corrected chi connectivity index (χ3v) is 8.99. The number of pyridine rings is 1. The van der Waals surface area contributed by atoms with Crippen molar-refractivity contribution < 1.29 is 36.2 Å². The molecule has 0 spiro atoms. The molecule has 3 aromatic rings. The minimum atomic E-state index is -4.74. The molecule has 4 rings (SSSR count). The van der Waals surface area contributed by atoms with Crippen LogP contribution in [0.1, 0.15) is 76.0 Å². The first-order valence-corrected chi connectivity index (χ1v) is 15.9. The van der Waals surface area contributed by atoms with Gasteiger partial charge in [-0.3, -0.25) is 4.72 Å². The predicted octanol–water partition coefficient (Wildman–Crippen LogP) is 7.96. The number of rotatable bonds is 10. The molecule has 2 heterocycles. The third-order valence-electron chi connectivity index (χ3n) is 7.71. The maximum atomic E-state index is 13.7. The normalized spacial score (nSPS) is 18.6. The van der Waals surface area contributed by atoms with Gasteiger partial charge in [0.15, 0.2) is 5.03 Å². The Labute approximate surface area is 256 Å². The van der Waals surface area contributed by atoms with E-state index in [1.54, 1.807) is 12.1 Å². The Bertz CT molecular complexity index is 1630. The molecule has 0 aliphatic carbocycles. The topological polar surface area (TPSA) is 106 Å². The molecule has 0 saturated carbocycles. The second-order valence-electron chi connectivity index (χ2n) is 12.3. The van der Waals surface area contributed by atoms with Gasteiger partial charge in [0.05, 0.1) is 11.1 Å². The van der Waals surface area contributed by atoms with Crippen LogP contribution in [0.25, 0.3) is 0 Å². The lowest BCUT2D eigenvalue weighted by atomic mass is 9.70. The number of aliphatic hydroxyl groups is 1. The van der Waals surface area contributed by atoms with Crippen LogP contribution < -0.4 is 4.72 Å². The van der Waals surface area contributed by atoms with Crippen molar-refractivity contribution >= 4 is 21.7 Å². The lowest BCUT2D eigenvalue weighted by Gasteiger charge is -2.41. The first-order valence-electron chi connectivity index (χ1n) is 14.4. The molecular formula is C33H37F3N2O5S. The zero-order valence-corrected chi connectivity index (χ0v) is 25.9. The summed E-state index contributed by atoms with van der Waals surface area (Å²) in [4.78, 5) is 17.3. The summed E-state index contributed by atoms with van der Waals surface area (Å²) in [6.07, 6.45) is -1.29. The molecule has 0 saturated heterocycles. The van der Waals surface area contributed by atoms with E-state index in [0.29, 0.717) is 37.0 Å². The zero-order valence-electron chi connectivity index (χ0n) is 25.1. The third kappa shape index (κ3) is 7.61. The average molecular weight is 631 g/mol. The molecule has 0 fully saturated rings. The largest absolute Gasteiger partial charge is 0.512 e. The summed E-state index contributed by atoms with van der Waals surface area (Å²) in [5.41, 5.74) is -0.868. The van der Waals surface area contributed by atoms with Crippen LogP contribution in [0.5, 0.6) is 0 Å². The molecule has 0 bridgehead atoms. The van der Waals surface area contributed by atoms with Crippen molar-refractivity contribution in [1.29, 1.82) is 0 Å². The van der Waals surface area contributed by atoms with E-state index in [9.17, 15) is 31.5 Å². The van der Waals surface area contributed by atoms with Crippen LogP contribution in [0.4, 0.5) is 18.9 Å². The van der Waals surface area contributed by atoms with Gasteiger partial charge in [0, 0.05) is 24.2 Å². The summed E-state index contributed by atoms with van der Waals surface area (Å²) in [5.74, 6) is -1.39. The van der Waals surface area contributed by atoms with E-state index in [2.05, 4.69) is 9.71 Å². The van der Waals surface area contributed by atoms with Gasteiger partial charge in [0.1, 0.15) is 11.4 Å². The van der Waals surface area contributed by atoms with Gasteiger partial charge in [0.2, 0.25) is 0 Å². The van der Waals surface area contributed by atoms with Crippen LogP contribution >= 0.6 is 0 Å². The van der Waals surface area contributed by atoms with E-state index < -0.39 is 49.7 Å². The number of alkyl halides is 3. The Morgan fingerprint density at radius 3 is 2.34 bits per heavy atom. The minimum absolute atomic E-state index is 0.0587. The maximum absolute atomic E-state index is 13.7. The Hall–Kier alpha value is -3.86. The number of sulfonamides is 1. The summed E-state index contributed by atoms with van der Waals surface area (Å²) in [5, 5.41) is 10.7. The van der Waals surface area contributed by atoms with Gasteiger partial charge in [-0.25, -0.2) is 9.78 Å². The number of aryl methyl sites for hydroxylation is 1. The Kier molecular flexibility index (Phi) is 9.48. The number of cyclic esters (lactones) is 1. The fourth-order valence-electron chi connectivity index (χ4n) is 5.79. The fraction of sp³-hybridized carbons (Fsp3) is 0.394. The Balaban J connectivity index is 1.66. The monoisotopic (exact) mass is 630 g/mol. The lowest BCUT2D eigenvalue weighted by Crippen LogP contribution is -2.43. The second kappa shape index (κ2) is 12.6. The number of nitrogens with one attached hydrogen (secondary N) is 1. The van der Waals surface area contributed by atoms with Crippen LogP contribution in [0.15, 0.2) is 89.3 Å². The number of esters is 1. The zero-order chi connectivity index (χ0) is 32.3.